The van der Waals surface area contributed by atoms with E-state index in [-0.39, 0.29) is 11.9 Å². The van der Waals surface area contributed by atoms with Crippen LogP contribution in [0.3, 0.4) is 0 Å². The summed E-state index contributed by atoms with van der Waals surface area (Å²) in [5.74, 6) is -0.324. The van der Waals surface area contributed by atoms with Crippen LogP contribution in [0.15, 0.2) is 30.3 Å². The van der Waals surface area contributed by atoms with Crippen molar-refractivity contribution in [3.05, 3.63) is 30.3 Å². The van der Waals surface area contributed by atoms with E-state index in [1.807, 2.05) is 18.2 Å². The van der Waals surface area contributed by atoms with Gasteiger partial charge in [-0.1, -0.05) is 18.2 Å². The Kier molecular flexibility index (Phi) is 5.16. The maximum atomic E-state index is 11.9. The van der Waals surface area contributed by atoms with Crippen LogP contribution in [0.2, 0.25) is 0 Å². The van der Waals surface area contributed by atoms with E-state index in [4.69, 9.17) is 0 Å². The molecule has 0 aromatic heterocycles. The highest BCUT2D eigenvalue weighted by Crippen LogP contribution is 2.16. The quantitative estimate of drug-likeness (QED) is 0.903. The van der Waals surface area contributed by atoms with Gasteiger partial charge >= 0.3 is 6.09 Å². The molecule has 0 aliphatic carbocycles. The number of para-hydroxylation sites is 1. The third kappa shape index (κ3) is 3.95. The topological polar surface area (TPSA) is 61.9 Å². The second-order valence-electron chi connectivity index (χ2n) is 5.02. The minimum atomic E-state index is -0.713. The van der Waals surface area contributed by atoms with Crippen molar-refractivity contribution >= 4 is 17.7 Å². The maximum absolute atomic E-state index is 11.9. The first kappa shape index (κ1) is 15.3. The smallest absolute Gasteiger partial charge is 0.413 e. The van der Waals surface area contributed by atoms with Gasteiger partial charge in [-0.05, 0) is 19.1 Å². The largest absolute Gasteiger partial charge is 0.453 e. The summed E-state index contributed by atoms with van der Waals surface area (Å²) in [4.78, 5) is 27.3. The predicted molar refractivity (Wildman–Crippen MR) is 80.2 cm³/mol. The van der Waals surface area contributed by atoms with Crippen molar-refractivity contribution in [1.29, 1.82) is 0 Å². The number of ether oxygens (including phenoxy) is 1. The van der Waals surface area contributed by atoms with Gasteiger partial charge in [0.1, 0.15) is 0 Å². The number of anilines is 1. The molecule has 1 heterocycles. The minimum absolute atomic E-state index is 0.324. The molecule has 6 heteroatoms. The average Bonchev–Trinajstić information content (AvgIpc) is 2.55. The van der Waals surface area contributed by atoms with E-state index in [0.29, 0.717) is 0 Å². The number of benzene rings is 1. The summed E-state index contributed by atoms with van der Waals surface area (Å²) in [6, 6.07) is 9.87. The van der Waals surface area contributed by atoms with Crippen LogP contribution >= 0.6 is 0 Å². The summed E-state index contributed by atoms with van der Waals surface area (Å²) in [5.41, 5.74) is 1.20. The number of imide groups is 1. The van der Waals surface area contributed by atoms with Crippen molar-refractivity contribution in [2.45, 2.75) is 13.0 Å². The molecule has 1 aromatic carbocycles. The van der Waals surface area contributed by atoms with E-state index in [1.54, 1.807) is 6.92 Å². The number of nitrogens with zero attached hydrogens (tertiary/aromatic N) is 2. The van der Waals surface area contributed by atoms with Crippen molar-refractivity contribution in [3.63, 3.8) is 0 Å². The lowest BCUT2D eigenvalue weighted by molar-refractivity contribution is -0.125. The Morgan fingerprint density at radius 1 is 1.14 bits per heavy atom. The van der Waals surface area contributed by atoms with E-state index < -0.39 is 6.09 Å². The molecule has 1 aliphatic heterocycles. The normalized spacial score (nSPS) is 17.1. The van der Waals surface area contributed by atoms with E-state index in [0.717, 1.165) is 26.2 Å². The summed E-state index contributed by atoms with van der Waals surface area (Å²) < 4.78 is 4.44. The van der Waals surface area contributed by atoms with Crippen LogP contribution in [0.5, 0.6) is 0 Å². The summed E-state index contributed by atoms with van der Waals surface area (Å²) in [5, 5.41) is 2.21. The Balaban J connectivity index is 1.86. The average molecular weight is 291 g/mol. The Labute approximate surface area is 124 Å². The number of carbonyl (C=O) groups excluding carboxylic acids is 2. The molecule has 0 unspecified atom stereocenters. The fourth-order valence-electron chi connectivity index (χ4n) is 2.43. The Morgan fingerprint density at radius 2 is 1.76 bits per heavy atom. The van der Waals surface area contributed by atoms with E-state index in [9.17, 15) is 9.59 Å². The molecular weight excluding hydrogens is 270 g/mol. The number of rotatable bonds is 3. The molecule has 0 spiro atoms. The molecule has 114 valence electrons. The van der Waals surface area contributed by atoms with Gasteiger partial charge in [-0.2, -0.15) is 0 Å². The number of methoxy groups -OCH3 is 1. The number of hydrogen-bond acceptors (Lipinski definition) is 5. The summed E-state index contributed by atoms with van der Waals surface area (Å²) in [6.07, 6.45) is -0.713. The lowest BCUT2D eigenvalue weighted by Gasteiger charge is -2.38. The van der Waals surface area contributed by atoms with Gasteiger partial charge in [0.05, 0.1) is 13.2 Å². The molecule has 1 fully saturated rings. The van der Waals surface area contributed by atoms with Gasteiger partial charge in [-0.25, -0.2) is 4.79 Å². The highest BCUT2D eigenvalue weighted by molar-refractivity contribution is 5.94. The Hall–Kier alpha value is -2.08. The van der Waals surface area contributed by atoms with Crippen LogP contribution in [0.1, 0.15) is 6.92 Å². The van der Waals surface area contributed by atoms with E-state index in [2.05, 4.69) is 32.0 Å². The first-order chi connectivity index (χ1) is 10.1. The molecule has 1 aliphatic rings. The van der Waals surface area contributed by atoms with Gasteiger partial charge in [0.2, 0.25) is 5.91 Å². The van der Waals surface area contributed by atoms with Crippen LogP contribution in [0, 0.1) is 0 Å². The van der Waals surface area contributed by atoms with Gasteiger partial charge in [0.25, 0.3) is 0 Å². The summed E-state index contributed by atoms with van der Waals surface area (Å²) in [6.45, 7) is 5.09. The summed E-state index contributed by atoms with van der Waals surface area (Å²) in [7, 11) is 1.24. The zero-order chi connectivity index (χ0) is 15.2. The number of alkyl carbamates (subject to hydrolysis) is 1. The second-order valence-corrected chi connectivity index (χ2v) is 5.02. The third-order valence-electron chi connectivity index (χ3n) is 3.77. The summed E-state index contributed by atoms with van der Waals surface area (Å²) >= 11 is 0. The van der Waals surface area contributed by atoms with Crippen molar-refractivity contribution in [3.8, 4) is 0 Å². The van der Waals surface area contributed by atoms with Crippen molar-refractivity contribution in [2.24, 2.45) is 0 Å². The lowest BCUT2D eigenvalue weighted by Crippen LogP contribution is -2.54. The molecular formula is C15H21N3O3. The second kappa shape index (κ2) is 7.08. The first-order valence-corrected chi connectivity index (χ1v) is 7.04. The molecule has 1 atom stereocenters. The standard InChI is InChI=1S/C15H21N3O3/c1-12(14(19)16-15(20)21-2)17-8-10-18(11-9-17)13-6-4-3-5-7-13/h3-7,12H,8-11H2,1-2H3,(H,16,19,20)/t12-/m0/s1. The van der Waals surface area contributed by atoms with Crippen LogP contribution in [0.25, 0.3) is 0 Å². The molecule has 6 nitrogen and oxygen atoms in total. The number of hydrogen-bond donors (Lipinski definition) is 1. The highest BCUT2D eigenvalue weighted by Gasteiger charge is 2.26. The van der Waals surface area contributed by atoms with E-state index in [1.165, 1.54) is 12.8 Å². The van der Waals surface area contributed by atoms with Crippen LogP contribution in [-0.4, -0.2) is 56.2 Å². The fraction of sp³-hybridized carbons (Fsp3) is 0.467. The molecule has 1 aromatic rings. The van der Waals surface area contributed by atoms with Crippen molar-refractivity contribution < 1.29 is 14.3 Å². The molecule has 1 N–H and O–H groups in total. The van der Waals surface area contributed by atoms with E-state index >= 15 is 0 Å². The number of piperazine rings is 1. The molecule has 0 bridgehead atoms. The Morgan fingerprint density at radius 3 is 2.33 bits per heavy atom. The maximum Gasteiger partial charge on any atom is 0.413 e. The van der Waals surface area contributed by atoms with Gasteiger partial charge in [0, 0.05) is 31.9 Å². The molecule has 2 rings (SSSR count). The van der Waals surface area contributed by atoms with Gasteiger partial charge in [0.15, 0.2) is 0 Å². The monoisotopic (exact) mass is 291 g/mol. The lowest BCUT2D eigenvalue weighted by atomic mass is 10.2. The third-order valence-corrected chi connectivity index (χ3v) is 3.77. The predicted octanol–water partition coefficient (Wildman–Crippen LogP) is 1.08. The Bertz CT molecular complexity index is 484. The number of amides is 2. The van der Waals surface area contributed by atoms with Gasteiger partial charge < -0.3 is 9.64 Å². The first-order valence-electron chi connectivity index (χ1n) is 7.04. The van der Waals surface area contributed by atoms with Crippen molar-refractivity contribution in [2.75, 3.05) is 38.2 Å². The number of nitrogens with one attached hydrogen (secondary N) is 1. The molecule has 21 heavy (non-hydrogen) atoms. The minimum Gasteiger partial charge on any atom is -0.453 e. The molecule has 2 amide bonds. The zero-order valence-electron chi connectivity index (χ0n) is 12.4. The van der Waals surface area contributed by atoms with Crippen LogP contribution < -0.4 is 10.2 Å². The van der Waals surface area contributed by atoms with Gasteiger partial charge in [-0.3, -0.25) is 15.0 Å². The van der Waals surface area contributed by atoms with Crippen LogP contribution in [-0.2, 0) is 9.53 Å². The highest BCUT2D eigenvalue weighted by atomic mass is 16.5. The van der Waals surface area contributed by atoms with Gasteiger partial charge in [-0.15, -0.1) is 0 Å². The molecule has 0 radical (unpaired) electrons. The zero-order valence-corrected chi connectivity index (χ0v) is 12.4. The van der Waals surface area contributed by atoms with Crippen molar-refractivity contribution in [1.82, 2.24) is 10.2 Å². The number of carbonyl (C=O) groups is 2. The SMILES string of the molecule is COC(=O)NC(=O)[C@H](C)N1CCN(c2ccccc2)CC1. The van der Waals surface area contributed by atoms with Crippen LogP contribution in [0.4, 0.5) is 10.5 Å². The fourth-order valence-corrected chi connectivity index (χ4v) is 2.43. The molecule has 1 saturated heterocycles. The molecule has 0 saturated carbocycles.